The zero-order valence-electron chi connectivity index (χ0n) is 19.0. The molecular formula is C25H24N4O5. The van der Waals surface area contributed by atoms with Crippen LogP contribution in [0.4, 0.5) is 11.6 Å². The summed E-state index contributed by atoms with van der Waals surface area (Å²) in [4.78, 5) is 12.6. The van der Waals surface area contributed by atoms with Crippen LogP contribution in [0.5, 0.6) is 34.8 Å². The first-order chi connectivity index (χ1) is 16.7. The number of nitrogens with one attached hydrogen (secondary N) is 1. The smallest absolute Gasteiger partial charge is 0.326 e. The van der Waals surface area contributed by atoms with E-state index in [9.17, 15) is 0 Å². The Bertz CT molecular complexity index is 1190. The van der Waals surface area contributed by atoms with Crippen LogP contribution in [0.15, 0.2) is 73.1 Å². The van der Waals surface area contributed by atoms with Crippen LogP contribution in [0, 0.1) is 0 Å². The Hall–Kier alpha value is -4.53. The molecule has 1 heterocycles. The summed E-state index contributed by atoms with van der Waals surface area (Å²) in [6.07, 6.45) is 1.36. The highest BCUT2D eigenvalue weighted by Crippen LogP contribution is 2.40. The lowest BCUT2D eigenvalue weighted by Crippen LogP contribution is -2.02. The Labute approximate surface area is 197 Å². The number of benzene rings is 3. The highest BCUT2D eigenvalue weighted by molar-refractivity contribution is 5.65. The lowest BCUT2D eigenvalue weighted by atomic mass is 10.2. The van der Waals surface area contributed by atoms with E-state index in [4.69, 9.17) is 23.7 Å². The van der Waals surface area contributed by atoms with E-state index in [1.807, 2.05) is 42.5 Å². The summed E-state index contributed by atoms with van der Waals surface area (Å²) in [5.41, 5.74) is 1.74. The summed E-state index contributed by atoms with van der Waals surface area (Å²) >= 11 is 0. The molecule has 4 rings (SSSR count). The molecule has 1 aromatic heterocycles. The number of aromatic nitrogens is 3. The van der Waals surface area contributed by atoms with E-state index in [1.165, 1.54) is 6.33 Å². The molecule has 0 aliphatic carbocycles. The van der Waals surface area contributed by atoms with Gasteiger partial charge in [-0.15, -0.1) is 0 Å². The van der Waals surface area contributed by atoms with Crippen LogP contribution < -0.4 is 29.0 Å². The second-order valence-electron chi connectivity index (χ2n) is 6.98. The average Bonchev–Trinajstić information content (AvgIpc) is 2.88. The molecule has 34 heavy (non-hydrogen) atoms. The maximum atomic E-state index is 5.80. The van der Waals surface area contributed by atoms with E-state index >= 15 is 0 Å². The fourth-order valence-corrected chi connectivity index (χ4v) is 3.12. The van der Waals surface area contributed by atoms with Crippen LogP contribution in [0.3, 0.4) is 0 Å². The van der Waals surface area contributed by atoms with Gasteiger partial charge in [-0.3, -0.25) is 0 Å². The number of methoxy groups -OCH3 is 3. The van der Waals surface area contributed by atoms with Crippen molar-refractivity contribution in [2.45, 2.75) is 6.61 Å². The summed E-state index contributed by atoms with van der Waals surface area (Å²) in [5.74, 6) is 3.09. The van der Waals surface area contributed by atoms with Gasteiger partial charge in [-0.05, 0) is 29.8 Å². The third-order valence-corrected chi connectivity index (χ3v) is 4.75. The van der Waals surface area contributed by atoms with E-state index in [-0.39, 0.29) is 6.01 Å². The molecule has 3 aromatic carbocycles. The average molecular weight is 460 g/mol. The third kappa shape index (κ3) is 5.63. The van der Waals surface area contributed by atoms with Crippen molar-refractivity contribution in [3.63, 3.8) is 0 Å². The Morgan fingerprint density at radius 3 is 2.09 bits per heavy atom. The zero-order valence-corrected chi connectivity index (χ0v) is 19.0. The highest BCUT2D eigenvalue weighted by Gasteiger charge is 2.14. The molecule has 0 aliphatic rings. The standard InChI is InChI=1S/C25H24N4O5/c1-30-21-13-18(14-22(31-2)23(21)32-3)28-24-26-16-27-25(29-24)34-20-11-9-19(10-12-20)33-15-17-7-5-4-6-8-17/h4-14,16H,15H2,1-3H3,(H,26,27,28,29). The van der Waals surface area contributed by atoms with Crippen LogP contribution in [0.25, 0.3) is 0 Å². The quantitative estimate of drug-likeness (QED) is 0.350. The zero-order chi connectivity index (χ0) is 23.8. The molecule has 0 saturated carbocycles. The fourth-order valence-electron chi connectivity index (χ4n) is 3.12. The van der Waals surface area contributed by atoms with Gasteiger partial charge in [0.2, 0.25) is 11.7 Å². The predicted octanol–water partition coefficient (Wildman–Crippen LogP) is 5.01. The van der Waals surface area contributed by atoms with Crippen molar-refractivity contribution in [3.05, 3.63) is 78.6 Å². The van der Waals surface area contributed by atoms with Gasteiger partial charge >= 0.3 is 6.01 Å². The summed E-state index contributed by atoms with van der Waals surface area (Å²) < 4.78 is 27.7. The van der Waals surface area contributed by atoms with Crippen molar-refractivity contribution in [2.24, 2.45) is 0 Å². The normalized spacial score (nSPS) is 10.3. The van der Waals surface area contributed by atoms with E-state index in [0.29, 0.717) is 41.2 Å². The van der Waals surface area contributed by atoms with Crippen LogP contribution in [-0.4, -0.2) is 36.3 Å². The first-order valence-corrected chi connectivity index (χ1v) is 10.4. The minimum Gasteiger partial charge on any atom is -0.493 e. The van der Waals surface area contributed by atoms with Gasteiger partial charge in [-0.1, -0.05) is 30.3 Å². The van der Waals surface area contributed by atoms with Crippen molar-refractivity contribution in [1.29, 1.82) is 0 Å². The largest absolute Gasteiger partial charge is 0.493 e. The second kappa shape index (κ2) is 10.9. The van der Waals surface area contributed by atoms with Gasteiger partial charge in [0.15, 0.2) is 11.5 Å². The molecule has 0 bridgehead atoms. The summed E-state index contributed by atoms with van der Waals surface area (Å²) in [5, 5.41) is 3.09. The lowest BCUT2D eigenvalue weighted by Gasteiger charge is -2.14. The van der Waals surface area contributed by atoms with Gasteiger partial charge < -0.3 is 29.0 Å². The van der Waals surface area contributed by atoms with Gasteiger partial charge in [-0.2, -0.15) is 9.97 Å². The highest BCUT2D eigenvalue weighted by atomic mass is 16.5. The third-order valence-electron chi connectivity index (χ3n) is 4.75. The topological polar surface area (TPSA) is 96.9 Å². The Morgan fingerprint density at radius 1 is 0.765 bits per heavy atom. The molecule has 9 nitrogen and oxygen atoms in total. The first kappa shape index (κ1) is 22.7. The number of nitrogens with zero attached hydrogens (tertiary/aromatic N) is 3. The second-order valence-corrected chi connectivity index (χ2v) is 6.98. The molecule has 1 N–H and O–H groups in total. The van der Waals surface area contributed by atoms with Gasteiger partial charge in [0.1, 0.15) is 24.4 Å². The van der Waals surface area contributed by atoms with E-state index in [0.717, 1.165) is 11.3 Å². The van der Waals surface area contributed by atoms with E-state index < -0.39 is 0 Å². The fraction of sp³-hybridized carbons (Fsp3) is 0.160. The number of anilines is 2. The van der Waals surface area contributed by atoms with Crippen molar-refractivity contribution in [3.8, 4) is 34.8 Å². The van der Waals surface area contributed by atoms with Crippen molar-refractivity contribution in [1.82, 2.24) is 15.0 Å². The number of ether oxygens (including phenoxy) is 5. The molecule has 174 valence electrons. The monoisotopic (exact) mass is 460 g/mol. The molecule has 4 aromatic rings. The maximum absolute atomic E-state index is 5.80. The van der Waals surface area contributed by atoms with Crippen LogP contribution in [0.2, 0.25) is 0 Å². The summed E-state index contributed by atoms with van der Waals surface area (Å²) in [6.45, 7) is 0.491. The van der Waals surface area contributed by atoms with Gasteiger partial charge in [0.25, 0.3) is 0 Å². The number of hydrogen-bond donors (Lipinski definition) is 1. The Morgan fingerprint density at radius 2 is 1.44 bits per heavy atom. The van der Waals surface area contributed by atoms with Gasteiger partial charge in [-0.25, -0.2) is 4.98 Å². The molecule has 0 saturated heterocycles. The van der Waals surface area contributed by atoms with Crippen LogP contribution in [-0.2, 0) is 6.61 Å². The minimum atomic E-state index is 0.142. The van der Waals surface area contributed by atoms with Gasteiger partial charge in [0, 0.05) is 17.8 Å². The molecular weight excluding hydrogens is 436 g/mol. The van der Waals surface area contributed by atoms with Gasteiger partial charge in [0.05, 0.1) is 21.3 Å². The van der Waals surface area contributed by atoms with Crippen LogP contribution >= 0.6 is 0 Å². The minimum absolute atomic E-state index is 0.142. The lowest BCUT2D eigenvalue weighted by molar-refractivity contribution is 0.305. The van der Waals surface area contributed by atoms with Crippen molar-refractivity contribution < 1.29 is 23.7 Å². The molecule has 9 heteroatoms. The molecule has 0 atom stereocenters. The maximum Gasteiger partial charge on any atom is 0.326 e. The molecule has 0 spiro atoms. The van der Waals surface area contributed by atoms with E-state index in [1.54, 1.807) is 45.6 Å². The van der Waals surface area contributed by atoms with Crippen LogP contribution in [0.1, 0.15) is 5.56 Å². The number of hydrogen-bond acceptors (Lipinski definition) is 9. The Kier molecular flexibility index (Phi) is 7.24. The predicted molar refractivity (Wildman–Crippen MR) is 126 cm³/mol. The summed E-state index contributed by atoms with van der Waals surface area (Å²) in [7, 11) is 4.65. The molecule has 0 amide bonds. The summed E-state index contributed by atoms with van der Waals surface area (Å²) in [6, 6.07) is 20.8. The van der Waals surface area contributed by atoms with E-state index in [2.05, 4.69) is 20.3 Å². The van der Waals surface area contributed by atoms with Crippen molar-refractivity contribution >= 4 is 11.6 Å². The van der Waals surface area contributed by atoms with Crippen molar-refractivity contribution in [2.75, 3.05) is 26.6 Å². The number of rotatable bonds is 10. The molecule has 0 unspecified atom stereocenters. The first-order valence-electron chi connectivity index (χ1n) is 10.4. The molecule has 0 aliphatic heterocycles. The Balaban J connectivity index is 1.42. The molecule has 0 fully saturated rings. The SMILES string of the molecule is COc1cc(Nc2ncnc(Oc3ccc(OCc4ccccc4)cc3)n2)cc(OC)c1OC. The molecule has 0 radical (unpaired) electrons.